The molecule has 5 heteroatoms. The zero-order valence-corrected chi connectivity index (χ0v) is 11.5. The molecule has 0 aliphatic carbocycles. The normalized spacial score (nSPS) is 12.6. The fourth-order valence-corrected chi connectivity index (χ4v) is 1.98. The molecule has 2 aromatic rings. The molecule has 0 radical (unpaired) electrons. The van der Waals surface area contributed by atoms with Gasteiger partial charge in [-0.2, -0.15) is 0 Å². The summed E-state index contributed by atoms with van der Waals surface area (Å²) in [6.45, 7) is 2.95. The topological polar surface area (TPSA) is 42.7 Å². The number of aromatic nitrogens is 3. The molecule has 2 rings (SSSR count). The summed E-state index contributed by atoms with van der Waals surface area (Å²) in [7, 11) is 1.99. The first-order valence-corrected chi connectivity index (χ1v) is 6.33. The lowest BCUT2D eigenvalue weighted by molar-refractivity contribution is 0.565. The number of pyridine rings is 1. The zero-order valence-electron chi connectivity index (χ0n) is 9.89. The van der Waals surface area contributed by atoms with Crippen molar-refractivity contribution >= 4 is 15.9 Å². The summed E-state index contributed by atoms with van der Waals surface area (Å²) in [6.07, 6.45) is 5.56. The van der Waals surface area contributed by atoms with Crippen molar-refractivity contribution in [3.63, 3.8) is 0 Å². The van der Waals surface area contributed by atoms with E-state index in [4.69, 9.17) is 0 Å². The molecule has 90 valence electrons. The Kier molecular flexibility index (Phi) is 3.91. The first-order chi connectivity index (χ1) is 8.22. The minimum absolute atomic E-state index is 0.0353. The molecule has 0 bridgehead atoms. The largest absolute Gasteiger partial charge is 0.336 e. The van der Waals surface area contributed by atoms with E-state index >= 15 is 0 Å². The molecule has 0 saturated carbocycles. The molecule has 2 aromatic heterocycles. The lowest BCUT2D eigenvalue weighted by Gasteiger charge is -2.17. The summed E-state index contributed by atoms with van der Waals surface area (Å²) < 4.78 is 2.99. The zero-order chi connectivity index (χ0) is 12.3. The van der Waals surface area contributed by atoms with Crippen molar-refractivity contribution in [2.75, 3.05) is 6.54 Å². The molecule has 0 saturated heterocycles. The summed E-state index contributed by atoms with van der Waals surface area (Å²) in [5.74, 6) is 0.974. The number of imidazole rings is 1. The monoisotopic (exact) mass is 294 g/mol. The highest BCUT2D eigenvalue weighted by atomic mass is 79.9. The van der Waals surface area contributed by atoms with Crippen LogP contribution < -0.4 is 5.32 Å². The minimum Gasteiger partial charge on any atom is -0.336 e. The second kappa shape index (κ2) is 5.42. The third-order valence-electron chi connectivity index (χ3n) is 2.57. The minimum atomic E-state index is 0.0353. The molecule has 4 nitrogen and oxygen atoms in total. The molecule has 0 aliphatic heterocycles. The number of hydrogen-bond acceptors (Lipinski definition) is 3. The molecule has 0 aromatic carbocycles. The highest BCUT2D eigenvalue weighted by Crippen LogP contribution is 2.19. The highest BCUT2D eigenvalue weighted by molar-refractivity contribution is 9.10. The number of rotatable bonds is 4. The van der Waals surface area contributed by atoms with Gasteiger partial charge in [0.05, 0.1) is 5.69 Å². The van der Waals surface area contributed by atoms with E-state index in [-0.39, 0.29) is 6.04 Å². The lowest BCUT2D eigenvalue weighted by Crippen LogP contribution is -2.25. The maximum absolute atomic E-state index is 4.43. The quantitative estimate of drug-likeness (QED) is 0.941. The van der Waals surface area contributed by atoms with E-state index in [0.29, 0.717) is 0 Å². The van der Waals surface area contributed by atoms with Gasteiger partial charge in [0, 0.05) is 30.1 Å². The van der Waals surface area contributed by atoms with Crippen LogP contribution in [0.5, 0.6) is 0 Å². The van der Waals surface area contributed by atoms with Gasteiger partial charge in [-0.15, -0.1) is 0 Å². The molecule has 2 heterocycles. The van der Waals surface area contributed by atoms with E-state index in [1.165, 1.54) is 0 Å². The standard InChI is InChI=1S/C12H15BrN4/c1-3-14-11(12-15-6-7-17(12)2)10-5-4-9(13)8-16-10/h4-8,11,14H,3H2,1-2H3. The van der Waals surface area contributed by atoms with Crippen LogP contribution in [-0.4, -0.2) is 21.1 Å². The molecule has 0 fully saturated rings. The van der Waals surface area contributed by atoms with Crippen LogP contribution in [0.1, 0.15) is 24.5 Å². The Hall–Kier alpha value is -1.20. The van der Waals surface area contributed by atoms with Crippen molar-refractivity contribution in [2.45, 2.75) is 13.0 Å². The number of halogens is 1. The lowest BCUT2D eigenvalue weighted by atomic mass is 10.1. The summed E-state index contributed by atoms with van der Waals surface area (Å²) in [4.78, 5) is 8.81. The van der Waals surface area contributed by atoms with Crippen molar-refractivity contribution in [1.82, 2.24) is 19.9 Å². The van der Waals surface area contributed by atoms with E-state index in [2.05, 4.69) is 38.1 Å². The van der Waals surface area contributed by atoms with Gasteiger partial charge in [-0.05, 0) is 34.6 Å². The van der Waals surface area contributed by atoms with Crippen molar-refractivity contribution in [1.29, 1.82) is 0 Å². The first kappa shape index (κ1) is 12.3. The molecule has 0 spiro atoms. The van der Waals surface area contributed by atoms with Crippen LogP contribution in [0.15, 0.2) is 35.2 Å². The average molecular weight is 295 g/mol. The molecule has 1 N–H and O–H groups in total. The van der Waals surface area contributed by atoms with Crippen LogP contribution in [-0.2, 0) is 7.05 Å². The van der Waals surface area contributed by atoms with E-state index in [1.807, 2.05) is 36.1 Å². The van der Waals surface area contributed by atoms with E-state index in [1.54, 1.807) is 6.20 Å². The number of hydrogen-bond donors (Lipinski definition) is 1. The Labute approximate surface area is 109 Å². The molecule has 0 amide bonds. The number of aryl methyl sites for hydroxylation is 1. The Bertz CT molecular complexity index is 478. The van der Waals surface area contributed by atoms with Gasteiger partial charge in [0.25, 0.3) is 0 Å². The summed E-state index contributed by atoms with van der Waals surface area (Å²) in [5, 5.41) is 3.40. The van der Waals surface area contributed by atoms with Gasteiger partial charge in [0.2, 0.25) is 0 Å². The van der Waals surface area contributed by atoms with Crippen molar-refractivity contribution in [3.8, 4) is 0 Å². The molecular formula is C12H15BrN4. The van der Waals surface area contributed by atoms with Crippen molar-refractivity contribution in [3.05, 3.63) is 46.7 Å². The van der Waals surface area contributed by atoms with Gasteiger partial charge in [-0.3, -0.25) is 4.98 Å². The fraction of sp³-hybridized carbons (Fsp3) is 0.333. The highest BCUT2D eigenvalue weighted by Gasteiger charge is 2.18. The number of nitrogens with one attached hydrogen (secondary N) is 1. The van der Waals surface area contributed by atoms with E-state index in [9.17, 15) is 0 Å². The summed E-state index contributed by atoms with van der Waals surface area (Å²) in [5.41, 5.74) is 0.976. The molecule has 17 heavy (non-hydrogen) atoms. The fourth-order valence-electron chi connectivity index (χ4n) is 1.75. The van der Waals surface area contributed by atoms with E-state index < -0.39 is 0 Å². The van der Waals surface area contributed by atoms with Crippen LogP contribution in [0, 0.1) is 0 Å². The summed E-state index contributed by atoms with van der Waals surface area (Å²) >= 11 is 3.39. The first-order valence-electron chi connectivity index (χ1n) is 5.54. The second-order valence-electron chi connectivity index (χ2n) is 3.79. The average Bonchev–Trinajstić information content (AvgIpc) is 2.74. The Morgan fingerprint density at radius 2 is 2.24 bits per heavy atom. The third-order valence-corrected chi connectivity index (χ3v) is 3.04. The SMILES string of the molecule is CCNC(c1ccc(Br)cn1)c1nccn1C. The maximum Gasteiger partial charge on any atom is 0.131 e. The predicted molar refractivity (Wildman–Crippen MR) is 70.7 cm³/mol. The van der Waals surface area contributed by atoms with E-state index in [0.717, 1.165) is 22.5 Å². The van der Waals surface area contributed by atoms with Crippen LogP contribution in [0.2, 0.25) is 0 Å². The van der Waals surface area contributed by atoms with Gasteiger partial charge in [-0.25, -0.2) is 4.98 Å². The van der Waals surface area contributed by atoms with Gasteiger partial charge in [0.1, 0.15) is 11.9 Å². The third kappa shape index (κ3) is 2.73. The van der Waals surface area contributed by atoms with Crippen LogP contribution >= 0.6 is 15.9 Å². The van der Waals surface area contributed by atoms with Gasteiger partial charge in [0.15, 0.2) is 0 Å². The molecule has 1 unspecified atom stereocenters. The Morgan fingerprint density at radius 3 is 2.76 bits per heavy atom. The molecule has 1 atom stereocenters. The molecule has 0 aliphatic rings. The summed E-state index contributed by atoms with van der Waals surface area (Å²) in [6, 6.07) is 4.04. The van der Waals surface area contributed by atoms with Crippen LogP contribution in [0.25, 0.3) is 0 Å². The van der Waals surface area contributed by atoms with Gasteiger partial charge in [-0.1, -0.05) is 6.92 Å². The maximum atomic E-state index is 4.43. The van der Waals surface area contributed by atoms with Gasteiger partial charge >= 0.3 is 0 Å². The van der Waals surface area contributed by atoms with Crippen LogP contribution in [0.3, 0.4) is 0 Å². The second-order valence-corrected chi connectivity index (χ2v) is 4.70. The van der Waals surface area contributed by atoms with Crippen LogP contribution in [0.4, 0.5) is 0 Å². The predicted octanol–water partition coefficient (Wildman–Crippen LogP) is 2.28. The van der Waals surface area contributed by atoms with Crippen molar-refractivity contribution < 1.29 is 0 Å². The smallest absolute Gasteiger partial charge is 0.131 e. The van der Waals surface area contributed by atoms with Gasteiger partial charge < -0.3 is 9.88 Å². The molecular weight excluding hydrogens is 280 g/mol. The van der Waals surface area contributed by atoms with Crippen molar-refractivity contribution in [2.24, 2.45) is 7.05 Å². The number of nitrogens with zero attached hydrogens (tertiary/aromatic N) is 3. The Morgan fingerprint density at radius 1 is 1.41 bits per heavy atom. The Balaban J connectivity index is 2.35.